The molecule has 1 aliphatic carbocycles. The Morgan fingerprint density at radius 1 is 1.25 bits per heavy atom. The summed E-state index contributed by atoms with van der Waals surface area (Å²) in [6.45, 7) is 5.05. The predicted molar refractivity (Wildman–Crippen MR) is 143 cm³/mol. The Hall–Kier alpha value is -2.85. The summed E-state index contributed by atoms with van der Waals surface area (Å²) in [5.41, 5.74) is 2.45. The molecular formula is C26H32N4O4S2. The number of nitrogens with one attached hydrogen (secondary N) is 1. The van der Waals surface area contributed by atoms with E-state index < -0.39 is 5.97 Å². The van der Waals surface area contributed by atoms with Gasteiger partial charge in [0.25, 0.3) is 0 Å². The molecule has 10 heteroatoms. The van der Waals surface area contributed by atoms with Crippen molar-refractivity contribution < 1.29 is 19.1 Å². The summed E-state index contributed by atoms with van der Waals surface area (Å²) in [7, 11) is 3.25. The van der Waals surface area contributed by atoms with Crippen LogP contribution in [-0.2, 0) is 29.4 Å². The summed E-state index contributed by atoms with van der Waals surface area (Å²) in [4.78, 5) is 26.5. The van der Waals surface area contributed by atoms with Crippen LogP contribution in [0.2, 0.25) is 0 Å². The largest absolute Gasteiger partial charge is 0.494 e. The van der Waals surface area contributed by atoms with Gasteiger partial charge in [-0.1, -0.05) is 32.0 Å². The third-order valence-corrected chi connectivity index (χ3v) is 8.39. The van der Waals surface area contributed by atoms with Crippen molar-refractivity contribution in [3.05, 3.63) is 40.3 Å². The van der Waals surface area contributed by atoms with Gasteiger partial charge in [-0.15, -0.1) is 21.5 Å². The van der Waals surface area contributed by atoms with Crippen LogP contribution in [0.3, 0.4) is 0 Å². The molecule has 192 valence electrons. The Morgan fingerprint density at radius 2 is 2.03 bits per heavy atom. The first-order chi connectivity index (χ1) is 17.4. The van der Waals surface area contributed by atoms with E-state index in [1.54, 1.807) is 0 Å². The molecule has 1 aliphatic rings. The SMILES string of the molecule is CCCCOc1ccc(-c2nnc(SCC(=O)Nc3sc4c(c3C(=O)OC)CCC(C)C4)n2C)cc1. The zero-order valence-electron chi connectivity index (χ0n) is 21.1. The van der Waals surface area contributed by atoms with Gasteiger partial charge in [0.2, 0.25) is 5.91 Å². The van der Waals surface area contributed by atoms with E-state index >= 15 is 0 Å². The first-order valence-corrected chi connectivity index (χ1v) is 14.0. The van der Waals surface area contributed by atoms with E-state index in [1.807, 2.05) is 35.9 Å². The molecule has 0 fully saturated rings. The van der Waals surface area contributed by atoms with E-state index in [9.17, 15) is 9.59 Å². The molecule has 0 saturated heterocycles. The number of fused-ring (bicyclic) bond motifs is 1. The smallest absolute Gasteiger partial charge is 0.341 e. The van der Waals surface area contributed by atoms with E-state index in [0.29, 0.717) is 34.1 Å². The molecule has 8 nitrogen and oxygen atoms in total. The van der Waals surface area contributed by atoms with Crippen molar-refractivity contribution in [3.63, 3.8) is 0 Å². The summed E-state index contributed by atoms with van der Waals surface area (Å²) in [6, 6.07) is 7.78. The first kappa shape index (κ1) is 26.2. The van der Waals surface area contributed by atoms with Gasteiger partial charge in [0.1, 0.15) is 10.8 Å². The fourth-order valence-electron chi connectivity index (χ4n) is 4.18. The Labute approximate surface area is 219 Å². The van der Waals surface area contributed by atoms with Crippen LogP contribution in [0.1, 0.15) is 53.9 Å². The maximum absolute atomic E-state index is 12.8. The molecule has 1 amide bonds. The highest BCUT2D eigenvalue weighted by atomic mass is 32.2. The number of thioether (sulfide) groups is 1. The average molecular weight is 529 g/mol. The van der Waals surface area contributed by atoms with Crippen LogP contribution in [0, 0.1) is 5.92 Å². The number of hydrogen-bond donors (Lipinski definition) is 1. The van der Waals surface area contributed by atoms with Crippen molar-refractivity contribution >= 4 is 40.0 Å². The Balaban J connectivity index is 1.40. The average Bonchev–Trinajstić information content (AvgIpc) is 3.42. The van der Waals surface area contributed by atoms with Gasteiger partial charge in [0.15, 0.2) is 11.0 Å². The number of esters is 1. The predicted octanol–water partition coefficient (Wildman–Crippen LogP) is 5.36. The van der Waals surface area contributed by atoms with Crippen LogP contribution >= 0.6 is 23.1 Å². The monoisotopic (exact) mass is 528 g/mol. The van der Waals surface area contributed by atoms with Crippen molar-refractivity contribution in [1.82, 2.24) is 14.8 Å². The number of ether oxygens (including phenoxy) is 2. The lowest BCUT2D eigenvalue weighted by Gasteiger charge is -2.18. The minimum atomic E-state index is -0.398. The van der Waals surface area contributed by atoms with Crippen LogP contribution in [0.5, 0.6) is 5.75 Å². The maximum Gasteiger partial charge on any atom is 0.341 e. The maximum atomic E-state index is 12.8. The Morgan fingerprint density at radius 3 is 2.75 bits per heavy atom. The zero-order chi connectivity index (χ0) is 25.7. The Bertz CT molecular complexity index is 1220. The number of hydrogen-bond acceptors (Lipinski definition) is 8. The standard InChI is InChI=1S/C26H32N4O4S2/c1-5-6-13-34-18-10-8-17(9-11-18)23-28-29-26(30(23)3)35-15-21(31)27-24-22(25(32)33-4)19-12-7-16(2)14-20(19)36-24/h8-11,16H,5-7,12-15H2,1-4H3,(H,27,31). The van der Waals surface area contributed by atoms with Gasteiger partial charge in [-0.2, -0.15) is 0 Å². The second-order valence-corrected chi connectivity index (χ2v) is 11.0. The number of carbonyl (C=O) groups excluding carboxylic acids is 2. The van der Waals surface area contributed by atoms with Gasteiger partial charge in [-0.25, -0.2) is 4.79 Å². The summed E-state index contributed by atoms with van der Waals surface area (Å²) >= 11 is 2.79. The number of methoxy groups -OCH3 is 1. The van der Waals surface area contributed by atoms with Gasteiger partial charge in [0, 0.05) is 17.5 Å². The normalized spacial score (nSPS) is 14.8. The number of thiophene rings is 1. The molecule has 1 unspecified atom stereocenters. The summed E-state index contributed by atoms with van der Waals surface area (Å²) in [5.74, 6) is 1.66. The van der Waals surface area contributed by atoms with E-state index in [1.165, 1.54) is 30.2 Å². The number of aromatic nitrogens is 3. The minimum Gasteiger partial charge on any atom is -0.494 e. The number of unbranched alkanes of at least 4 members (excludes halogenated alkanes) is 1. The van der Waals surface area contributed by atoms with Crippen LogP contribution in [0.4, 0.5) is 5.00 Å². The number of nitrogens with zero attached hydrogens (tertiary/aromatic N) is 3. The van der Waals surface area contributed by atoms with Crippen molar-refractivity contribution in [2.45, 2.75) is 51.1 Å². The van der Waals surface area contributed by atoms with E-state index in [-0.39, 0.29) is 11.7 Å². The van der Waals surface area contributed by atoms with Gasteiger partial charge in [0.05, 0.1) is 25.0 Å². The summed E-state index contributed by atoms with van der Waals surface area (Å²) < 4.78 is 12.6. The first-order valence-electron chi connectivity index (χ1n) is 12.2. The lowest BCUT2D eigenvalue weighted by atomic mass is 9.88. The van der Waals surface area contributed by atoms with Crippen LogP contribution in [0.25, 0.3) is 11.4 Å². The van der Waals surface area contributed by atoms with Crippen molar-refractivity contribution in [2.75, 3.05) is 24.8 Å². The molecule has 0 radical (unpaired) electrons. The van der Waals surface area contributed by atoms with Crippen molar-refractivity contribution in [2.24, 2.45) is 13.0 Å². The highest BCUT2D eigenvalue weighted by Gasteiger charge is 2.29. The molecule has 0 spiro atoms. The van der Waals surface area contributed by atoms with Gasteiger partial charge in [-0.3, -0.25) is 4.79 Å². The topological polar surface area (TPSA) is 95.3 Å². The molecule has 2 aromatic heterocycles. The van der Waals surface area contributed by atoms with E-state index in [2.05, 4.69) is 29.4 Å². The number of amides is 1. The molecule has 36 heavy (non-hydrogen) atoms. The molecule has 0 saturated carbocycles. The molecule has 1 atom stereocenters. The third kappa shape index (κ3) is 5.92. The van der Waals surface area contributed by atoms with E-state index in [0.717, 1.165) is 53.9 Å². The van der Waals surface area contributed by atoms with Gasteiger partial charge in [-0.05, 0) is 61.4 Å². The number of carbonyl (C=O) groups is 2. The van der Waals surface area contributed by atoms with Crippen molar-refractivity contribution in [3.8, 4) is 17.1 Å². The molecule has 0 aliphatic heterocycles. The molecular weight excluding hydrogens is 496 g/mol. The quantitative estimate of drug-likeness (QED) is 0.215. The van der Waals surface area contributed by atoms with Crippen LogP contribution in [0.15, 0.2) is 29.4 Å². The molecule has 2 heterocycles. The Kier molecular flexibility index (Phi) is 8.68. The fourth-order valence-corrected chi connectivity index (χ4v) is 6.30. The molecule has 0 bridgehead atoms. The highest BCUT2D eigenvalue weighted by Crippen LogP contribution is 2.40. The van der Waals surface area contributed by atoms with Crippen LogP contribution in [-0.4, -0.2) is 46.1 Å². The van der Waals surface area contributed by atoms with Crippen molar-refractivity contribution in [1.29, 1.82) is 0 Å². The van der Waals surface area contributed by atoms with E-state index in [4.69, 9.17) is 9.47 Å². The highest BCUT2D eigenvalue weighted by molar-refractivity contribution is 7.99. The number of benzene rings is 1. The van der Waals surface area contributed by atoms with Gasteiger partial charge >= 0.3 is 5.97 Å². The number of rotatable bonds is 10. The minimum absolute atomic E-state index is 0.149. The fraction of sp³-hybridized carbons (Fsp3) is 0.462. The van der Waals surface area contributed by atoms with Crippen LogP contribution < -0.4 is 10.1 Å². The second-order valence-electron chi connectivity index (χ2n) is 8.98. The lowest BCUT2D eigenvalue weighted by Crippen LogP contribution is -2.17. The second kappa shape index (κ2) is 11.9. The summed E-state index contributed by atoms with van der Waals surface area (Å²) in [6.07, 6.45) is 4.89. The van der Waals surface area contributed by atoms with Gasteiger partial charge < -0.3 is 19.4 Å². The zero-order valence-corrected chi connectivity index (χ0v) is 22.8. The number of anilines is 1. The molecule has 4 rings (SSSR count). The molecule has 1 N–H and O–H groups in total. The summed E-state index contributed by atoms with van der Waals surface area (Å²) in [5, 5.41) is 12.7. The third-order valence-electron chi connectivity index (χ3n) is 6.20. The molecule has 1 aromatic carbocycles. The molecule has 3 aromatic rings. The lowest BCUT2D eigenvalue weighted by molar-refractivity contribution is -0.113.